The van der Waals surface area contributed by atoms with Crippen LogP contribution in [0.25, 0.3) is 0 Å². The fourth-order valence-electron chi connectivity index (χ4n) is 2.66. The molecule has 7 nitrogen and oxygen atoms in total. The first-order valence-electron chi connectivity index (χ1n) is 9.78. The number of ether oxygens (including phenoxy) is 1. The van der Waals surface area contributed by atoms with E-state index in [1.165, 1.54) is 6.66 Å². The van der Waals surface area contributed by atoms with Gasteiger partial charge in [0.15, 0.2) is 5.82 Å². The van der Waals surface area contributed by atoms with Crippen molar-refractivity contribution in [1.29, 1.82) is 0 Å². The van der Waals surface area contributed by atoms with Crippen molar-refractivity contribution in [1.82, 2.24) is 10.1 Å². The van der Waals surface area contributed by atoms with E-state index < -0.39 is 24.6 Å². The lowest BCUT2D eigenvalue weighted by Gasteiger charge is -2.26. The van der Waals surface area contributed by atoms with Crippen LogP contribution in [0.2, 0.25) is 0 Å². The van der Waals surface area contributed by atoms with Crippen molar-refractivity contribution in [2.24, 2.45) is 0 Å². The Morgan fingerprint density at radius 2 is 1.96 bits per heavy atom. The van der Waals surface area contributed by atoms with Gasteiger partial charge in [0, 0.05) is 25.9 Å². The number of carbonyl (C=O) groups is 1. The summed E-state index contributed by atoms with van der Waals surface area (Å²) < 4.78 is 29.0. The van der Waals surface area contributed by atoms with Gasteiger partial charge in [0.05, 0.1) is 6.61 Å². The van der Waals surface area contributed by atoms with E-state index in [0.717, 1.165) is 32.1 Å². The predicted octanol–water partition coefficient (Wildman–Crippen LogP) is 4.39. The third-order valence-electron chi connectivity index (χ3n) is 3.98. The van der Waals surface area contributed by atoms with E-state index in [9.17, 15) is 9.36 Å². The van der Waals surface area contributed by atoms with Crippen LogP contribution in [0.1, 0.15) is 71.5 Å². The summed E-state index contributed by atoms with van der Waals surface area (Å²) in [6.45, 7) is 8.70. The van der Waals surface area contributed by atoms with Crippen molar-refractivity contribution in [3.63, 3.8) is 0 Å². The third kappa shape index (κ3) is 9.03. The molecule has 28 heavy (non-hydrogen) atoms. The molecule has 0 aliphatic heterocycles. The molecule has 0 aliphatic rings. The Hall–Kier alpha value is -1.64. The monoisotopic (exact) mass is 412 g/mol. The zero-order valence-electron chi connectivity index (χ0n) is 17.7. The molecule has 8 heteroatoms. The normalized spacial score (nSPS) is 14.9. The molecule has 0 amide bonds. The molecule has 0 spiro atoms. The van der Waals surface area contributed by atoms with Crippen molar-refractivity contribution in [3.05, 3.63) is 11.7 Å². The average Bonchev–Trinajstić information content (AvgIpc) is 3.01. The summed E-state index contributed by atoms with van der Waals surface area (Å²) in [5.74, 6) is 2.89. The highest BCUT2D eigenvalue weighted by atomic mass is 31.2. The van der Waals surface area contributed by atoms with E-state index in [1.54, 1.807) is 27.7 Å². The Morgan fingerprint density at radius 3 is 2.57 bits per heavy atom. The highest BCUT2D eigenvalue weighted by Crippen LogP contribution is 2.50. The Kier molecular flexibility index (Phi) is 9.92. The van der Waals surface area contributed by atoms with Gasteiger partial charge in [-0.25, -0.2) is 0 Å². The molecule has 0 aliphatic carbocycles. The predicted molar refractivity (Wildman–Crippen MR) is 108 cm³/mol. The molecular formula is C20H33N2O5P. The second kappa shape index (κ2) is 11.4. The summed E-state index contributed by atoms with van der Waals surface area (Å²) in [5, 5.41) is 3.96. The maximum Gasteiger partial charge on any atom is 0.319 e. The molecule has 0 fully saturated rings. The summed E-state index contributed by atoms with van der Waals surface area (Å²) in [6, 6.07) is 0. The minimum atomic E-state index is -3.26. The highest BCUT2D eigenvalue weighted by Gasteiger charge is 2.40. The fraction of sp³-hybridized carbons (Fsp3) is 0.750. The van der Waals surface area contributed by atoms with Crippen LogP contribution in [0.4, 0.5) is 0 Å². The van der Waals surface area contributed by atoms with Gasteiger partial charge in [-0.1, -0.05) is 18.0 Å². The number of hydrogen-bond donors (Lipinski definition) is 0. The van der Waals surface area contributed by atoms with E-state index in [-0.39, 0.29) is 18.9 Å². The van der Waals surface area contributed by atoms with Crippen molar-refractivity contribution < 1.29 is 23.1 Å². The summed E-state index contributed by atoms with van der Waals surface area (Å²) in [5.41, 5.74) is -1.68. The van der Waals surface area contributed by atoms with Gasteiger partial charge in [-0.3, -0.25) is 9.36 Å². The zero-order valence-corrected chi connectivity index (χ0v) is 18.6. The van der Waals surface area contributed by atoms with Crippen LogP contribution in [-0.4, -0.2) is 40.6 Å². The average molecular weight is 412 g/mol. The van der Waals surface area contributed by atoms with Gasteiger partial charge in [0.1, 0.15) is 11.3 Å². The van der Waals surface area contributed by atoms with Crippen molar-refractivity contribution in [2.75, 3.05) is 13.3 Å². The second-order valence-corrected chi connectivity index (χ2v) is 10.5. The summed E-state index contributed by atoms with van der Waals surface area (Å²) in [7, 11) is -3.26. The number of rotatable bonds is 12. The van der Waals surface area contributed by atoms with Crippen molar-refractivity contribution in [2.45, 2.75) is 83.9 Å². The van der Waals surface area contributed by atoms with Gasteiger partial charge in [-0.2, -0.15) is 4.98 Å². The first-order valence-corrected chi connectivity index (χ1v) is 11.9. The molecule has 1 aromatic heterocycles. The molecule has 0 aromatic carbocycles. The van der Waals surface area contributed by atoms with Crippen LogP contribution in [0.15, 0.2) is 4.52 Å². The topological polar surface area (TPSA) is 91.5 Å². The van der Waals surface area contributed by atoms with Crippen LogP contribution in [0.5, 0.6) is 0 Å². The molecule has 2 unspecified atom stereocenters. The lowest BCUT2D eigenvalue weighted by Crippen LogP contribution is -2.33. The van der Waals surface area contributed by atoms with E-state index in [4.69, 9.17) is 20.2 Å². The number of nitrogens with zero attached hydrogens (tertiary/aromatic N) is 2. The molecule has 0 bridgehead atoms. The van der Waals surface area contributed by atoms with E-state index in [1.807, 2.05) is 0 Å². The van der Waals surface area contributed by atoms with Gasteiger partial charge in [-0.15, -0.1) is 12.3 Å². The molecule has 0 N–H and O–H groups in total. The van der Waals surface area contributed by atoms with Gasteiger partial charge in [0.25, 0.3) is 0 Å². The number of carbonyl (C=O) groups excluding carboxylic acids is 1. The van der Waals surface area contributed by atoms with Crippen LogP contribution < -0.4 is 0 Å². The number of aryl methyl sites for hydroxylation is 1. The molecule has 0 saturated carbocycles. The van der Waals surface area contributed by atoms with E-state index in [2.05, 4.69) is 16.1 Å². The zero-order chi connectivity index (χ0) is 21.2. The number of aromatic nitrogens is 2. The molecular weight excluding hydrogens is 379 g/mol. The number of esters is 1. The molecule has 158 valence electrons. The summed E-state index contributed by atoms with van der Waals surface area (Å²) in [4.78, 5) is 17.0. The third-order valence-corrected chi connectivity index (χ3v) is 6.28. The Bertz CT molecular complexity index is 702. The molecule has 0 saturated heterocycles. The molecule has 1 rings (SSSR count). The van der Waals surface area contributed by atoms with Crippen molar-refractivity contribution >= 4 is 13.3 Å². The van der Waals surface area contributed by atoms with Gasteiger partial charge in [-0.05, 0) is 40.5 Å². The minimum Gasteiger partial charge on any atom is -0.459 e. The van der Waals surface area contributed by atoms with E-state index in [0.29, 0.717) is 12.2 Å². The second-order valence-electron chi connectivity index (χ2n) is 7.80. The number of unbranched alkanes of at least 4 members (excludes halogenated alkanes) is 4. The Morgan fingerprint density at radius 1 is 1.29 bits per heavy atom. The number of hydrogen-bond acceptors (Lipinski definition) is 7. The smallest absolute Gasteiger partial charge is 0.319 e. The molecule has 1 aromatic rings. The van der Waals surface area contributed by atoms with Crippen LogP contribution in [0.3, 0.4) is 0 Å². The highest BCUT2D eigenvalue weighted by molar-refractivity contribution is 7.60. The van der Waals surface area contributed by atoms with Crippen LogP contribution in [-0.2, 0) is 31.5 Å². The lowest BCUT2D eigenvalue weighted by atomic mass is 10.1. The Balaban J connectivity index is 2.73. The summed E-state index contributed by atoms with van der Waals surface area (Å²) >= 11 is 0. The fourth-order valence-corrected chi connectivity index (χ4v) is 4.28. The van der Waals surface area contributed by atoms with Crippen molar-refractivity contribution in [3.8, 4) is 12.3 Å². The summed E-state index contributed by atoms with van der Waals surface area (Å²) in [6.07, 6.45) is 10.8. The molecule has 2 atom stereocenters. The first-order chi connectivity index (χ1) is 13.1. The quantitative estimate of drug-likeness (QED) is 0.217. The van der Waals surface area contributed by atoms with Crippen LogP contribution >= 0.6 is 7.37 Å². The van der Waals surface area contributed by atoms with Gasteiger partial charge >= 0.3 is 5.97 Å². The van der Waals surface area contributed by atoms with Crippen LogP contribution in [0, 0.1) is 12.3 Å². The van der Waals surface area contributed by atoms with Gasteiger partial charge in [0.2, 0.25) is 13.3 Å². The SMILES string of the molecule is C#CCCCCCCc1noc(CC(C(=O)OC(C)(C)C)P(C)(=O)OCC)n1. The Labute approximate surface area is 168 Å². The van der Waals surface area contributed by atoms with Gasteiger partial charge < -0.3 is 13.8 Å². The number of terminal acetylenes is 1. The lowest BCUT2D eigenvalue weighted by molar-refractivity contribution is -0.154. The largest absolute Gasteiger partial charge is 0.459 e. The first kappa shape index (κ1) is 24.4. The molecule has 0 radical (unpaired) electrons. The standard InChI is InChI=1S/C20H33N2O5P/c1-7-9-10-11-12-13-14-17-21-18(27-22-17)15-16(28(6,24)25-8-2)19(23)26-20(3,4)5/h1,16H,8-15H2,2-6H3. The van der Waals surface area contributed by atoms with E-state index >= 15 is 0 Å². The maximum atomic E-state index is 12.9. The minimum absolute atomic E-state index is 0.0257. The molecule has 1 heterocycles. The maximum absolute atomic E-state index is 12.9.